The van der Waals surface area contributed by atoms with Gasteiger partial charge in [-0.25, -0.2) is 0 Å². The lowest BCUT2D eigenvalue weighted by atomic mass is 10.0. The smallest absolute Gasteiger partial charge is 0.306 e. The molecule has 6 nitrogen and oxygen atoms in total. The number of carbonyl (C=O) groups is 3. The standard InChI is InChI=1S/C67H118O6/c1-4-7-10-13-16-18-20-22-24-26-28-30-31-32-33-34-35-37-38-40-42-44-46-48-51-54-57-60-66(69)72-63-64(62-71-65(68)59-56-53-50-15-12-9-6-3)73-67(70)61-58-55-52-49-47-45-43-41-39-36-29-27-25-23-21-19-17-14-11-8-5-2/h8,11,17,19,23,25,29,36,41,43,47,49,64H,4-7,9-10,12-16,18,20-22,24,26-28,30-35,37-40,42,44-46,48,50-63H2,1-3H3/b11-8-,19-17-,25-23-,36-29-,43-41-,49-47-. The highest BCUT2D eigenvalue weighted by Crippen LogP contribution is 2.17. The summed E-state index contributed by atoms with van der Waals surface area (Å²) in [6.07, 6.45) is 79.5. The van der Waals surface area contributed by atoms with Crippen LogP contribution in [0.5, 0.6) is 0 Å². The van der Waals surface area contributed by atoms with Crippen molar-refractivity contribution in [2.45, 2.75) is 322 Å². The first-order valence-electron chi connectivity index (χ1n) is 31.4. The van der Waals surface area contributed by atoms with Crippen molar-refractivity contribution in [3.8, 4) is 0 Å². The molecular formula is C67H118O6. The molecule has 0 radical (unpaired) electrons. The number of esters is 3. The second kappa shape index (κ2) is 61.4. The normalized spacial score (nSPS) is 12.5. The summed E-state index contributed by atoms with van der Waals surface area (Å²) in [6, 6.07) is 0. The molecule has 0 aliphatic carbocycles. The van der Waals surface area contributed by atoms with Crippen molar-refractivity contribution >= 4 is 17.9 Å². The highest BCUT2D eigenvalue weighted by molar-refractivity contribution is 5.71. The van der Waals surface area contributed by atoms with E-state index < -0.39 is 6.10 Å². The van der Waals surface area contributed by atoms with Gasteiger partial charge in [0.25, 0.3) is 0 Å². The third kappa shape index (κ3) is 59.6. The van der Waals surface area contributed by atoms with Crippen molar-refractivity contribution in [2.24, 2.45) is 0 Å². The summed E-state index contributed by atoms with van der Waals surface area (Å²) in [4.78, 5) is 38.0. The van der Waals surface area contributed by atoms with E-state index in [0.717, 1.165) is 89.9 Å². The van der Waals surface area contributed by atoms with Gasteiger partial charge in [-0.3, -0.25) is 14.4 Å². The lowest BCUT2D eigenvalue weighted by Gasteiger charge is -2.18. The van der Waals surface area contributed by atoms with Gasteiger partial charge in [-0.05, 0) is 70.6 Å². The predicted molar refractivity (Wildman–Crippen MR) is 316 cm³/mol. The molecule has 0 aromatic rings. The minimum atomic E-state index is -0.795. The van der Waals surface area contributed by atoms with Crippen LogP contribution in [0.2, 0.25) is 0 Å². The molecule has 6 heteroatoms. The monoisotopic (exact) mass is 1020 g/mol. The van der Waals surface area contributed by atoms with Crippen LogP contribution >= 0.6 is 0 Å². The van der Waals surface area contributed by atoms with Gasteiger partial charge in [0, 0.05) is 19.3 Å². The van der Waals surface area contributed by atoms with E-state index in [4.69, 9.17) is 14.2 Å². The first-order valence-corrected chi connectivity index (χ1v) is 31.4. The van der Waals surface area contributed by atoms with Crippen LogP contribution in [0.15, 0.2) is 72.9 Å². The Bertz CT molecular complexity index is 1360. The predicted octanol–water partition coefficient (Wildman–Crippen LogP) is 21.3. The molecule has 0 spiro atoms. The van der Waals surface area contributed by atoms with Gasteiger partial charge in [-0.15, -0.1) is 0 Å². The van der Waals surface area contributed by atoms with Gasteiger partial charge in [0.05, 0.1) is 0 Å². The number of ether oxygens (including phenoxy) is 3. The van der Waals surface area contributed by atoms with Crippen LogP contribution in [-0.2, 0) is 28.6 Å². The maximum absolute atomic E-state index is 12.8. The molecule has 1 unspecified atom stereocenters. The van der Waals surface area contributed by atoms with E-state index in [9.17, 15) is 14.4 Å². The van der Waals surface area contributed by atoms with E-state index in [2.05, 4.69) is 93.7 Å². The van der Waals surface area contributed by atoms with Gasteiger partial charge >= 0.3 is 17.9 Å². The second-order valence-electron chi connectivity index (χ2n) is 21.0. The zero-order valence-electron chi connectivity index (χ0n) is 48.4. The number of hydrogen-bond acceptors (Lipinski definition) is 6. The fourth-order valence-electron chi connectivity index (χ4n) is 9.04. The van der Waals surface area contributed by atoms with Gasteiger partial charge in [-0.2, -0.15) is 0 Å². The molecule has 0 fully saturated rings. The van der Waals surface area contributed by atoms with Crippen LogP contribution in [0.3, 0.4) is 0 Å². The van der Waals surface area contributed by atoms with Crippen molar-refractivity contribution in [3.05, 3.63) is 72.9 Å². The largest absolute Gasteiger partial charge is 0.462 e. The van der Waals surface area contributed by atoms with Crippen LogP contribution in [0, 0.1) is 0 Å². The first kappa shape index (κ1) is 69.8. The molecule has 0 amide bonds. The minimum Gasteiger partial charge on any atom is -0.462 e. The zero-order valence-corrected chi connectivity index (χ0v) is 48.4. The summed E-state index contributed by atoms with van der Waals surface area (Å²) >= 11 is 0. The molecular weight excluding hydrogens is 901 g/mol. The Hall–Kier alpha value is -3.15. The molecule has 73 heavy (non-hydrogen) atoms. The Morgan fingerprint density at radius 3 is 0.836 bits per heavy atom. The van der Waals surface area contributed by atoms with Crippen molar-refractivity contribution < 1.29 is 28.6 Å². The summed E-state index contributed by atoms with van der Waals surface area (Å²) in [6.45, 7) is 6.48. The Labute approximate surface area is 453 Å². The molecule has 0 N–H and O–H groups in total. The summed E-state index contributed by atoms with van der Waals surface area (Å²) in [5.41, 5.74) is 0. The van der Waals surface area contributed by atoms with Crippen LogP contribution < -0.4 is 0 Å². The molecule has 0 aromatic carbocycles. The second-order valence-corrected chi connectivity index (χ2v) is 21.0. The molecule has 1 atom stereocenters. The zero-order chi connectivity index (χ0) is 52.9. The summed E-state index contributed by atoms with van der Waals surface area (Å²) in [5.74, 6) is -0.929. The number of hydrogen-bond donors (Lipinski definition) is 0. The van der Waals surface area contributed by atoms with E-state index in [1.807, 2.05) is 0 Å². The van der Waals surface area contributed by atoms with Crippen molar-refractivity contribution in [1.29, 1.82) is 0 Å². The highest BCUT2D eigenvalue weighted by atomic mass is 16.6. The van der Waals surface area contributed by atoms with Gasteiger partial charge < -0.3 is 14.2 Å². The van der Waals surface area contributed by atoms with E-state index >= 15 is 0 Å². The maximum atomic E-state index is 12.8. The molecule has 0 aliphatic rings. The molecule has 0 saturated heterocycles. The van der Waals surface area contributed by atoms with E-state index in [0.29, 0.717) is 19.3 Å². The molecule has 0 aromatic heterocycles. The quantitative estimate of drug-likeness (QED) is 0.0261. The average Bonchev–Trinajstić information content (AvgIpc) is 3.39. The van der Waals surface area contributed by atoms with Crippen LogP contribution in [-0.4, -0.2) is 37.2 Å². The number of allylic oxidation sites excluding steroid dienone is 12. The first-order chi connectivity index (χ1) is 36.0. The SMILES string of the molecule is CC/C=C\C/C=C\C/C=C\C/C=C\C/C=C\C/C=C\CCCCC(=O)OC(COC(=O)CCCCCCCCC)COC(=O)CCCCCCCCCCCCCCCCCCCCCCCCCCCCC. The van der Waals surface area contributed by atoms with Gasteiger partial charge in [0.2, 0.25) is 0 Å². The average molecular weight is 1020 g/mol. The van der Waals surface area contributed by atoms with E-state index in [1.54, 1.807) is 0 Å². The molecule has 0 bridgehead atoms. The fourth-order valence-corrected chi connectivity index (χ4v) is 9.04. The minimum absolute atomic E-state index is 0.0900. The Balaban J connectivity index is 4.15. The Morgan fingerprint density at radius 1 is 0.288 bits per heavy atom. The van der Waals surface area contributed by atoms with Crippen molar-refractivity contribution in [2.75, 3.05) is 13.2 Å². The van der Waals surface area contributed by atoms with Gasteiger partial charge in [-0.1, -0.05) is 299 Å². The van der Waals surface area contributed by atoms with Crippen LogP contribution in [0.4, 0.5) is 0 Å². The highest BCUT2D eigenvalue weighted by Gasteiger charge is 2.19. The molecule has 0 heterocycles. The van der Waals surface area contributed by atoms with Gasteiger partial charge in [0.15, 0.2) is 6.10 Å². The molecule has 0 aliphatic heterocycles. The van der Waals surface area contributed by atoms with E-state index in [-0.39, 0.29) is 37.5 Å². The molecule has 0 rings (SSSR count). The Morgan fingerprint density at radius 2 is 0.534 bits per heavy atom. The fraction of sp³-hybridized carbons (Fsp3) is 0.776. The van der Waals surface area contributed by atoms with Crippen LogP contribution in [0.25, 0.3) is 0 Å². The number of unbranched alkanes of at least 4 members (excludes halogenated alkanes) is 34. The summed E-state index contributed by atoms with van der Waals surface area (Å²) in [7, 11) is 0. The van der Waals surface area contributed by atoms with E-state index in [1.165, 1.54) is 180 Å². The summed E-state index contributed by atoms with van der Waals surface area (Å²) in [5, 5.41) is 0. The van der Waals surface area contributed by atoms with Crippen LogP contribution in [0.1, 0.15) is 316 Å². The summed E-state index contributed by atoms with van der Waals surface area (Å²) < 4.78 is 16.8. The lowest BCUT2D eigenvalue weighted by molar-refractivity contribution is -0.167. The van der Waals surface area contributed by atoms with Gasteiger partial charge in [0.1, 0.15) is 13.2 Å². The number of rotatable bonds is 57. The third-order valence-electron chi connectivity index (χ3n) is 13.7. The molecule has 422 valence electrons. The lowest BCUT2D eigenvalue weighted by Crippen LogP contribution is -2.30. The maximum Gasteiger partial charge on any atom is 0.306 e. The van der Waals surface area contributed by atoms with Crippen molar-refractivity contribution in [3.63, 3.8) is 0 Å². The van der Waals surface area contributed by atoms with Crippen molar-refractivity contribution in [1.82, 2.24) is 0 Å². The topological polar surface area (TPSA) is 78.9 Å². The number of carbonyl (C=O) groups excluding carboxylic acids is 3. The molecule has 0 saturated carbocycles. The Kier molecular flexibility index (Phi) is 58.7. The third-order valence-corrected chi connectivity index (χ3v) is 13.7.